The molecule has 0 spiro atoms. The van der Waals surface area contributed by atoms with Gasteiger partial charge in [0.2, 0.25) is 0 Å². The van der Waals surface area contributed by atoms with Gasteiger partial charge >= 0.3 is 5.97 Å². The number of aliphatic hydroxyl groups excluding tert-OH is 1. The van der Waals surface area contributed by atoms with Crippen molar-refractivity contribution in [1.29, 1.82) is 0 Å². The quantitative estimate of drug-likeness (QED) is 0.574. The van der Waals surface area contributed by atoms with E-state index < -0.39 is 5.60 Å². The van der Waals surface area contributed by atoms with Crippen LogP contribution >= 0.6 is 0 Å². The van der Waals surface area contributed by atoms with E-state index >= 15 is 0 Å². The second kappa shape index (κ2) is 3.88. The molecule has 90 valence electrons. The van der Waals surface area contributed by atoms with Crippen LogP contribution in [0.4, 0.5) is 0 Å². The highest BCUT2D eigenvalue weighted by molar-refractivity contribution is 5.75. The molecule has 0 radical (unpaired) electrons. The van der Waals surface area contributed by atoms with Crippen LogP contribution in [0.25, 0.3) is 0 Å². The first-order valence-corrected chi connectivity index (χ1v) is 5.94. The van der Waals surface area contributed by atoms with E-state index in [2.05, 4.69) is 12.2 Å². The van der Waals surface area contributed by atoms with E-state index in [-0.39, 0.29) is 30.3 Å². The Bertz CT molecular complexity index is 314. The fourth-order valence-corrected chi connectivity index (χ4v) is 2.89. The molecule has 2 aliphatic rings. The predicted octanol–water partition coefficient (Wildman–Crippen LogP) is 1.76. The molecule has 16 heavy (non-hydrogen) atoms. The molecular formula is C13H20O3. The van der Waals surface area contributed by atoms with Crippen molar-refractivity contribution in [1.82, 2.24) is 0 Å². The highest BCUT2D eigenvalue weighted by Gasteiger charge is 2.49. The Morgan fingerprint density at radius 2 is 2.00 bits per heavy atom. The third kappa shape index (κ3) is 2.01. The van der Waals surface area contributed by atoms with Gasteiger partial charge in [0.25, 0.3) is 0 Å². The monoisotopic (exact) mass is 224 g/mol. The summed E-state index contributed by atoms with van der Waals surface area (Å²) < 4.78 is 5.42. The van der Waals surface area contributed by atoms with Gasteiger partial charge in [-0.1, -0.05) is 12.2 Å². The fraction of sp³-hybridized carbons (Fsp3) is 0.769. The van der Waals surface area contributed by atoms with Crippen molar-refractivity contribution in [2.24, 2.45) is 23.7 Å². The molecule has 2 bridgehead atoms. The van der Waals surface area contributed by atoms with Crippen LogP contribution in [-0.2, 0) is 9.53 Å². The average Bonchev–Trinajstić information content (AvgIpc) is 2.72. The number of hydrogen-bond donors (Lipinski definition) is 1. The van der Waals surface area contributed by atoms with E-state index in [9.17, 15) is 9.90 Å². The summed E-state index contributed by atoms with van der Waals surface area (Å²) in [5.74, 6) is 0.414. The largest absolute Gasteiger partial charge is 0.460 e. The third-order valence-corrected chi connectivity index (χ3v) is 3.51. The molecule has 4 atom stereocenters. The number of allylic oxidation sites excluding steroid dienone is 2. The normalized spacial score (nSPS) is 36.8. The lowest BCUT2D eigenvalue weighted by Gasteiger charge is -2.28. The van der Waals surface area contributed by atoms with Gasteiger partial charge in [0.15, 0.2) is 0 Å². The molecule has 4 unspecified atom stereocenters. The van der Waals surface area contributed by atoms with Crippen LogP contribution in [-0.4, -0.2) is 23.3 Å². The third-order valence-electron chi connectivity index (χ3n) is 3.51. The van der Waals surface area contributed by atoms with Crippen LogP contribution < -0.4 is 0 Å². The fourth-order valence-electron chi connectivity index (χ4n) is 2.89. The Kier molecular flexibility index (Phi) is 2.82. The van der Waals surface area contributed by atoms with Gasteiger partial charge in [-0.25, -0.2) is 0 Å². The molecule has 0 aromatic rings. The number of esters is 1. The van der Waals surface area contributed by atoms with Crippen molar-refractivity contribution in [2.45, 2.75) is 32.8 Å². The molecule has 3 heteroatoms. The minimum absolute atomic E-state index is 0.0600. The lowest BCUT2D eigenvalue weighted by Crippen LogP contribution is -2.35. The van der Waals surface area contributed by atoms with Crippen LogP contribution in [0.5, 0.6) is 0 Å². The van der Waals surface area contributed by atoms with Crippen molar-refractivity contribution in [3.8, 4) is 0 Å². The van der Waals surface area contributed by atoms with Crippen LogP contribution in [0.15, 0.2) is 12.2 Å². The van der Waals surface area contributed by atoms with Crippen molar-refractivity contribution in [2.75, 3.05) is 6.61 Å². The van der Waals surface area contributed by atoms with Gasteiger partial charge in [0.1, 0.15) is 5.60 Å². The Morgan fingerprint density at radius 1 is 1.38 bits per heavy atom. The van der Waals surface area contributed by atoms with Gasteiger partial charge in [-0.3, -0.25) is 4.79 Å². The molecule has 2 aliphatic carbocycles. The second-order valence-corrected chi connectivity index (χ2v) is 5.85. The maximum Gasteiger partial charge on any atom is 0.310 e. The number of ether oxygens (including phenoxy) is 1. The van der Waals surface area contributed by atoms with E-state index in [4.69, 9.17) is 4.74 Å². The Morgan fingerprint density at radius 3 is 2.56 bits per heavy atom. The SMILES string of the molecule is CC(C)(C)OC(=O)C1C2C=CC(C2)C1CO. The van der Waals surface area contributed by atoms with E-state index in [0.717, 1.165) is 6.42 Å². The molecule has 0 saturated heterocycles. The van der Waals surface area contributed by atoms with E-state index in [1.165, 1.54) is 0 Å². The zero-order valence-corrected chi connectivity index (χ0v) is 10.1. The summed E-state index contributed by atoms with van der Waals surface area (Å²) in [4.78, 5) is 12.1. The summed E-state index contributed by atoms with van der Waals surface area (Å²) >= 11 is 0. The second-order valence-electron chi connectivity index (χ2n) is 5.85. The maximum atomic E-state index is 12.1. The summed E-state index contributed by atoms with van der Waals surface area (Å²) in [6.45, 7) is 5.71. The number of rotatable bonds is 2. The summed E-state index contributed by atoms with van der Waals surface area (Å²) in [6.07, 6.45) is 5.23. The highest BCUT2D eigenvalue weighted by atomic mass is 16.6. The Balaban J connectivity index is 2.09. The number of carbonyl (C=O) groups excluding carboxylic acids is 1. The maximum absolute atomic E-state index is 12.1. The molecule has 0 aliphatic heterocycles. The molecule has 0 heterocycles. The number of fused-ring (bicyclic) bond motifs is 2. The summed E-state index contributed by atoms with van der Waals surface area (Å²) in [7, 11) is 0. The zero-order chi connectivity index (χ0) is 11.9. The molecule has 0 amide bonds. The van der Waals surface area contributed by atoms with Crippen molar-refractivity contribution < 1.29 is 14.6 Å². The van der Waals surface area contributed by atoms with E-state index in [0.29, 0.717) is 5.92 Å². The summed E-state index contributed by atoms with van der Waals surface area (Å²) in [6, 6.07) is 0. The standard InChI is InChI=1S/C13H20O3/c1-13(2,3)16-12(15)11-9-5-4-8(6-9)10(11)7-14/h4-5,8-11,14H,6-7H2,1-3H3. The van der Waals surface area contributed by atoms with Gasteiger partial charge < -0.3 is 9.84 Å². The van der Waals surface area contributed by atoms with Gasteiger partial charge in [-0.2, -0.15) is 0 Å². The molecule has 0 aromatic heterocycles. The topological polar surface area (TPSA) is 46.5 Å². The minimum Gasteiger partial charge on any atom is -0.460 e. The van der Waals surface area contributed by atoms with Crippen LogP contribution in [0.3, 0.4) is 0 Å². The lowest BCUT2D eigenvalue weighted by molar-refractivity contribution is -0.163. The first kappa shape index (κ1) is 11.6. The minimum atomic E-state index is -0.442. The molecular weight excluding hydrogens is 204 g/mol. The molecule has 1 saturated carbocycles. The van der Waals surface area contributed by atoms with Gasteiger partial charge in [0.05, 0.1) is 5.92 Å². The van der Waals surface area contributed by atoms with E-state index in [1.54, 1.807) is 0 Å². The molecule has 1 N–H and O–H groups in total. The first-order valence-electron chi connectivity index (χ1n) is 5.94. The van der Waals surface area contributed by atoms with Crippen molar-refractivity contribution >= 4 is 5.97 Å². The van der Waals surface area contributed by atoms with Gasteiger partial charge in [-0.15, -0.1) is 0 Å². The highest BCUT2D eigenvalue weighted by Crippen LogP contribution is 2.48. The molecule has 3 nitrogen and oxygen atoms in total. The molecule has 1 fully saturated rings. The van der Waals surface area contributed by atoms with Crippen molar-refractivity contribution in [3.63, 3.8) is 0 Å². The lowest BCUT2D eigenvalue weighted by atomic mass is 9.83. The molecule has 0 aromatic carbocycles. The average molecular weight is 224 g/mol. The smallest absolute Gasteiger partial charge is 0.310 e. The van der Waals surface area contributed by atoms with Crippen LogP contribution in [0.1, 0.15) is 27.2 Å². The predicted molar refractivity (Wildman–Crippen MR) is 60.6 cm³/mol. The zero-order valence-electron chi connectivity index (χ0n) is 10.1. The van der Waals surface area contributed by atoms with Crippen LogP contribution in [0, 0.1) is 23.7 Å². The van der Waals surface area contributed by atoms with Gasteiger partial charge in [-0.05, 0) is 39.0 Å². The summed E-state index contributed by atoms with van der Waals surface area (Å²) in [5, 5.41) is 9.36. The number of aliphatic hydroxyl groups is 1. The van der Waals surface area contributed by atoms with Gasteiger partial charge in [0, 0.05) is 12.5 Å². The van der Waals surface area contributed by atoms with Crippen LogP contribution in [0.2, 0.25) is 0 Å². The van der Waals surface area contributed by atoms with E-state index in [1.807, 2.05) is 20.8 Å². The number of carbonyl (C=O) groups is 1. The first-order chi connectivity index (χ1) is 7.42. The van der Waals surface area contributed by atoms with Crippen molar-refractivity contribution in [3.05, 3.63) is 12.2 Å². The Hall–Kier alpha value is -0.830. The molecule has 2 rings (SSSR count). The Labute approximate surface area is 96.5 Å². The number of hydrogen-bond acceptors (Lipinski definition) is 3. The summed E-state index contributed by atoms with van der Waals surface area (Å²) in [5.41, 5.74) is -0.442.